The lowest BCUT2D eigenvalue weighted by Gasteiger charge is -2.25. The topological polar surface area (TPSA) is 167 Å². The van der Waals surface area contributed by atoms with Crippen molar-refractivity contribution in [3.05, 3.63) is 81.3 Å². The number of halogens is 2. The van der Waals surface area contributed by atoms with Crippen LogP contribution < -0.4 is 20.1 Å². The van der Waals surface area contributed by atoms with Crippen molar-refractivity contribution in [2.75, 3.05) is 38.1 Å². The van der Waals surface area contributed by atoms with E-state index in [0.717, 1.165) is 11.0 Å². The van der Waals surface area contributed by atoms with E-state index in [1.54, 1.807) is 38.1 Å². The number of anilines is 2. The maximum atomic E-state index is 13.5. The fourth-order valence-corrected chi connectivity index (χ4v) is 5.14. The maximum Gasteiger partial charge on any atom is 0.338 e. The van der Waals surface area contributed by atoms with Gasteiger partial charge in [0.15, 0.2) is 13.2 Å². The summed E-state index contributed by atoms with van der Waals surface area (Å²) in [5.41, 5.74) is 0.219. The summed E-state index contributed by atoms with van der Waals surface area (Å²) in [6.45, 7) is 2.16. The Labute approximate surface area is 285 Å². The Bertz CT molecular complexity index is 1780. The van der Waals surface area contributed by atoms with Crippen LogP contribution in [-0.2, 0) is 23.9 Å². The zero-order valence-corrected chi connectivity index (χ0v) is 27.8. The molecule has 1 aliphatic rings. The Morgan fingerprint density at radius 1 is 0.729 bits per heavy atom. The second kappa shape index (κ2) is 15.6. The summed E-state index contributed by atoms with van der Waals surface area (Å²) in [4.78, 5) is 78.7. The van der Waals surface area contributed by atoms with Crippen LogP contribution in [0.5, 0.6) is 11.5 Å². The maximum absolute atomic E-state index is 13.5. The molecule has 252 valence electrons. The van der Waals surface area contributed by atoms with Gasteiger partial charge in [-0.1, -0.05) is 37.0 Å². The SMILES string of the molecule is COc1ccc(Cl)cc1NC(=O)COC(=O)c1ccc2c(c1)C(=O)N(C(CC(C)C)C(=O)OCC(=O)Nc1cc(Cl)ccc1OC)C2=O. The number of rotatable bonds is 13. The number of hydrogen-bond donors (Lipinski definition) is 2. The first-order chi connectivity index (χ1) is 22.8. The highest BCUT2D eigenvalue weighted by molar-refractivity contribution is 6.31. The van der Waals surface area contributed by atoms with Crippen LogP contribution in [0.2, 0.25) is 10.0 Å². The molecular weight excluding hydrogens is 669 g/mol. The zero-order chi connectivity index (χ0) is 35.1. The van der Waals surface area contributed by atoms with Crippen molar-refractivity contribution in [2.24, 2.45) is 5.92 Å². The minimum absolute atomic E-state index is 0.0372. The number of nitrogens with one attached hydrogen (secondary N) is 2. The smallest absolute Gasteiger partial charge is 0.338 e. The molecule has 3 aromatic carbocycles. The van der Waals surface area contributed by atoms with Gasteiger partial charge in [0.05, 0.1) is 42.3 Å². The molecule has 0 saturated carbocycles. The fourth-order valence-electron chi connectivity index (χ4n) is 4.80. The first-order valence-electron chi connectivity index (χ1n) is 14.4. The summed E-state index contributed by atoms with van der Waals surface area (Å²) in [5, 5.41) is 5.75. The molecule has 2 N–H and O–H groups in total. The van der Waals surface area contributed by atoms with Gasteiger partial charge in [-0.2, -0.15) is 0 Å². The van der Waals surface area contributed by atoms with Crippen LogP contribution in [0.3, 0.4) is 0 Å². The van der Waals surface area contributed by atoms with Crippen molar-refractivity contribution in [2.45, 2.75) is 26.3 Å². The highest BCUT2D eigenvalue weighted by Gasteiger charge is 2.44. The van der Waals surface area contributed by atoms with Crippen molar-refractivity contribution in [3.63, 3.8) is 0 Å². The number of benzene rings is 3. The van der Waals surface area contributed by atoms with Crippen LogP contribution in [0.4, 0.5) is 11.4 Å². The molecule has 0 aliphatic carbocycles. The average molecular weight is 701 g/mol. The summed E-state index contributed by atoms with van der Waals surface area (Å²) in [6.07, 6.45) is 0.0372. The predicted octanol–water partition coefficient (Wildman–Crippen LogP) is 5.00. The molecule has 0 spiro atoms. The van der Waals surface area contributed by atoms with Gasteiger partial charge in [0.1, 0.15) is 17.5 Å². The van der Waals surface area contributed by atoms with E-state index >= 15 is 0 Å². The summed E-state index contributed by atoms with van der Waals surface area (Å²) >= 11 is 12.0. The predicted molar refractivity (Wildman–Crippen MR) is 175 cm³/mol. The number of methoxy groups -OCH3 is 2. The number of carbonyl (C=O) groups is 6. The number of ether oxygens (including phenoxy) is 4. The third-order valence-electron chi connectivity index (χ3n) is 6.98. The summed E-state index contributed by atoms with van der Waals surface area (Å²) in [5.74, 6) is -4.43. The van der Waals surface area contributed by atoms with Gasteiger partial charge in [0.2, 0.25) is 0 Å². The molecule has 3 aromatic rings. The normalized spacial score (nSPS) is 12.7. The lowest BCUT2D eigenvalue weighted by molar-refractivity contribution is -0.151. The minimum Gasteiger partial charge on any atom is -0.495 e. The van der Waals surface area contributed by atoms with Crippen LogP contribution in [-0.4, -0.2) is 73.9 Å². The molecule has 0 saturated heterocycles. The molecule has 4 rings (SSSR count). The number of nitrogens with zero attached hydrogens (tertiary/aromatic N) is 1. The first-order valence-corrected chi connectivity index (χ1v) is 15.2. The lowest BCUT2D eigenvalue weighted by atomic mass is 10.0. The van der Waals surface area contributed by atoms with Gasteiger partial charge in [-0.15, -0.1) is 0 Å². The molecule has 4 amide bonds. The van der Waals surface area contributed by atoms with E-state index in [1.807, 2.05) is 0 Å². The largest absolute Gasteiger partial charge is 0.495 e. The highest BCUT2D eigenvalue weighted by Crippen LogP contribution is 2.30. The monoisotopic (exact) mass is 699 g/mol. The fraction of sp³-hybridized carbons (Fsp3) is 0.273. The Balaban J connectivity index is 1.42. The first kappa shape index (κ1) is 35.7. The number of esters is 2. The lowest BCUT2D eigenvalue weighted by Crippen LogP contribution is -2.46. The van der Waals surface area contributed by atoms with Crippen LogP contribution in [0.15, 0.2) is 54.6 Å². The van der Waals surface area contributed by atoms with E-state index in [2.05, 4.69) is 10.6 Å². The Morgan fingerprint density at radius 3 is 1.77 bits per heavy atom. The average Bonchev–Trinajstić information content (AvgIpc) is 3.29. The number of fused-ring (bicyclic) bond motifs is 1. The number of carbonyl (C=O) groups excluding carboxylic acids is 6. The molecule has 1 atom stereocenters. The summed E-state index contributed by atoms with van der Waals surface area (Å²) in [6, 6.07) is 11.5. The molecule has 0 fully saturated rings. The quantitative estimate of drug-likeness (QED) is 0.183. The highest BCUT2D eigenvalue weighted by atomic mass is 35.5. The molecule has 1 aliphatic heterocycles. The molecule has 0 aromatic heterocycles. The second-order valence-electron chi connectivity index (χ2n) is 10.9. The van der Waals surface area contributed by atoms with E-state index in [-0.39, 0.29) is 40.4 Å². The van der Waals surface area contributed by atoms with Crippen molar-refractivity contribution in [1.82, 2.24) is 4.90 Å². The minimum atomic E-state index is -1.37. The number of amides is 4. The van der Waals surface area contributed by atoms with E-state index in [0.29, 0.717) is 21.5 Å². The zero-order valence-electron chi connectivity index (χ0n) is 26.3. The van der Waals surface area contributed by atoms with E-state index in [4.69, 9.17) is 42.1 Å². The number of imide groups is 1. The molecule has 1 heterocycles. The molecule has 48 heavy (non-hydrogen) atoms. The molecule has 13 nitrogen and oxygen atoms in total. The Kier molecular flexibility index (Phi) is 11.6. The standard InChI is InChI=1S/C33H31Cl2N3O10/c1-17(2)11-25(33(44)48-16-29(40)37-24-14-20(35)7-10-27(24)46-4)38-30(41)21-8-5-18(12-22(21)31(38)42)32(43)47-15-28(39)36-23-13-19(34)6-9-26(23)45-3/h5-10,12-14,17,25H,11,15-16H2,1-4H3,(H,36,39)(H,37,40). The van der Waals surface area contributed by atoms with E-state index in [1.165, 1.54) is 38.5 Å². The van der Waals surface area contributed by atoms with Crippen LogP contribution in [0.1, 0.15) is 51.3 Å². The number of hydrogen-bond acceptors (Lipinski definition) is 10. The molecule has 0 radical (unpaired) electrons. The molecule has 0 bridgehead atoms. The van der Waals surface area contributed by atoms with E-state index in [9.17, 15) is 28.8 Å². The van der Waals surface area contributed by atoms with Crippen molar-refractivity contribution in [3.8, 4) is 11.5 Å². The van der Waals surface area contributed by atoms with Crippen LogP contribution in [0.25, 0.3) is 0 Å². The third-order valence-corrected chi connectivity index (χ3v) is 7.45. The van der Waals surface area contributed by atoms with Gasteiger partial charge in [-0.05, 0) is 66.9 Å². The molecular formula is C33H31Cl2N3O10. The summed E-state index contributed by atoms with van der Waals surface area (Å²) < 4.78 is 20.7. The van der Waals surface area contributed by atoms with Gasteiger partial charge in [0.25, 0.3) is 23.6 Å². The van der Waals surface area contributed by atoms with Gasteiger partial charge in [-0.25, -0.2) is 9.59 Å². The second-order valence-corrected chi connectivity index (χ2v) is 11.7. The molecule has 15 heteroatoms. The van der Waals surface area contributed by atoms with Crippen LogP contribution in [0, 0.1) is 5.92 Å². The Hall–Kier alpha value is -5.14. The van der Waals surface area contributed by atoms with Gasteiger partial charge < -0.3 is 29.6 Å². The van der Waals surface area contributed by atoms with Crippen molar-refractivity contribution >= 4 is 70.1 Å². The Morgan fingerprint density at radius 2 is 1.25 bits per heavy atom. The van der Waals surface area contributed by atoms with Gasteiger partial charge in [-0.3, -0.25) is 24.1 Å². The van der Waals surface area contributed by atoms with Gasteiger partial charge in [0, 0.05) is 10.0 Å². The van der Waals surface area contributed by atoms with Crippen molar-refractivity contribution < 1.29 is 47.7 Å². The van der Waals surface area contributed by atoms with E-state index < -0.39 is 54.8 Å². The van der Waals surface area contributed by atoms with Crippen LogP contribution >= 0.6 is 23.2 Å². The third kappa shape index (κ3) is 8.41. The van der Waals surface area contributed by atoms with Crippen molar-refractivity contribution in [1.29, 1.82) is 0 Å². The molecule has 1 unspecified atom stereocenters. The van der Waals surface area contributed by atoms with Gasteiger partial charge >= 0.3 is 11.9 Å². The summed E-state index contributed by atoms with van der Waals surface area (Å²) in [7, 11) is 2.82.